The van der Waals surface area contributed by atoms with Crippen molar-refractivity contribution in [2.45, 2.75) is 39.7 Å². The maximum Gasteiger partial charge on any atom is 0.0104 e. The summed E-state index contributed by atoms with van der Waals surface area (Å²) in [5, 5.41) is 0. The van der Waals surface area contributed by atoms with Gasteiger partial charge in [-0.25, -0.2) is 0 Å². The highest BCUT2D eigenvalue weighted by Crippen LogP contribution is 2.53. The Bertz CT molecular complexity index is 105. The highest BCUT2D eigenvalue weighted by atomic mass is 14.8. The normalized spacial score (nSPS) is 41.7. The SMILES string of the molecule is CCC1(C(C)C)CC1N. The van der Waals surface area contributed by atoms with E-state index in [1.807, 2.05) is 0 Å². The molecule has 1 nitrogen and oxygen atoms in total. The maximum atomic E-state index is 5.81. The van der Waals surface area contributed by atoms with Gasteiger partial charge in [-0.1, -0.05) is 20.8 Å². The average molecular weight is 127 g/mol. The predicted molar refractivity (Wildman–Crippen MR) is 40.2 cm³/mol. The van der Waals surface area contributed by atoms with Crippen molar-refractivity contribution in [3.8, 4) is 0 Å². The Morgan fingerprint density at radius 2 is 2.11 bits per heavy atom. The maximum absolute atomic E-state index is 5.81. The molecular weight excluding hydrogens is 110 g/mol. The number of rotatable bonds is 2. The molecule has 1 rings (SSSR count). The molecular formula is C8H17N. The lowest BCUT2D eigenvalue weighted by molar-refractivity contribution is 0.334. The summed E-state index contributed by atoms with van der Waals surface area (Å²) < 4.78 is 0. The fraction of sp³-hybridized carbons (Fsp3) is 1.00. The van der Waals surface area contributed by atoms with E-state index in [2.05, 4.69) is 20.8 Å². The monoisotopic (exact) mass is 127 g/mol. The van der Waals surface area contributed by atoms with Gasteiger partial charge in [-0.05, 0) is 24.2 Å². The molecule has 1 fully saturated rings. The van der Waals surface area contributed by atoms with Crippen LogP contribution in [0.15, 0.2) is 0 Å². The van der Waals surface area contributed by atoms with E-state index in [0.717, 1.165) is 5.92 Å². The summed E-state index contributed by atoms with van der Waals surface area (Å²) in [7, 11) is 0. The molecule has 1 heteroatoms. The van der Waals surface area contributed by atoms with Crippen LogP contribution in [-0.4, -0.2) is 6.04 Å². The van der Waals surface area contributed by atoms with E-state index >= 15 is 0 Å². The van der Waals surface area contributed by atoms with Gasteiger partial charge < -0.3 is 5.73 Å². The Morgan fingerprint density at radius 3 is 2.11 bits per heavy atom. The summed E-state index contributed by atoms with van der Waals surface area (Å²) in [6.45, 7) is 6.79. The highest BCUT2D eigenvalue weighted by molar-refractivity contribution is 5.06. The molecule has 0 saturated heterocycles. The number of nitrogens with two attached hydrogens (primary N) is 1. The van der Waals surface area contributed by atoms with E-state index in [-0.39, 0.29) is 0 Å². The predicted octanol–water partition coefficient (Wildman–Crippen LogP) is 1.77. The lowest BCUT2D eigenvalue weighted by Crippen LogP contribution is -2.18. The van der Waals surface area contributed by atoms with Gasteiger partial charge in [0.2, 0.25) is 0 Å². The fourth-order valence-electron chi connectivity index (χ4n) is 1.83. The van der Waals surface area contributed by atoms with Crippen molar-refractivity contribution < 1.29 is 0 Å². The van der Waals surface area contributed by atoms with Gasteiger partial charge in [0.15, 0.2) is 0 Å². The van der Waals surface area contributed by atoms with E-state index in [4.69, 9.17) is 5.73 Å². The zero-order valence-electron chi connectivity index (χ0n) is 6.65. The molecule has 0 aliphatic heterocycles. The van der Waals surface area contributed by atoms with Crippen LogP contribution in [0.4, 0.5) is 0 Å². The minimum absolute atomic E-state index is 0.502. The lowest BCUT2D eigenvalue weighted by Gasteiger charge is -2.17. The van der Waals surface area contributed by atoms with Crippen molar-refractivity contribution in [2.24, 2.45) is 17.1 Å². The molecule has 9 heavy (non-hydrogen) atoms. The van der Waals surface area contributed by atoms with Crippen LogP contribution in [0.5, 0.6) is 0 Å². The Morgan fingerprint density at radius 1 is 1.67 bits per heavy atom. The van der Waals surface area contributed by atoms with Crippen LogP contribution in [0.25, 0.3) is 0 Å². The molecule has 0 heterocycles. The molecule has 0 aromatic heterocycles. The molecule has 0 radical (unpaired) electrons. The Labute approximate surface area is 57.6 Å². The second-order valence-corrected chi connectivity index (χ2v) is 3.55. The van der Waals surface area contributed by atoms with E-state index in [1.165, 1.54) is 12.8 Å². The van der Waals surface area contributed by atoms with E-state index in [1.54, 1.807) is 0 Å². The van der Waals surface area contributed by atoms with Crippen molar-refractivity contribution in [3.63, 3.8) is 0 Å². The van der Waals surface area contributed by atoms with Crippen LogP contribution in [0.2, 0.25) is 0 Å². The third-order valence-electron chi connectivity index (χ3n) is 2.99. The molecule has 1 saturated carbocycles. The molecule has 54 valence electrons. The molecule has 0 spiro atoms. The molecule has 0 bridgehead atoms. The van der Waals surface area contributed by atoms with Crippen LogP contribution in [0, 0.1) is 11.3 Å². The van der Waals surface area contributed by atoms with Gasteiger partial charge in [0.05, 0.1) is 0 Å². The molecule has 2 unspecified atom stereocenters. The number of hydrogen-bond donors (Lipinski definition) is 1. The van der Waals surface area contributed by atoms with E-state index in [9.17, 15) is 0 Å². The van der Waals surface area contributed by atoms with Crippen molar-refractivity contribution in [3.05, 3.63) is 0 Å². The van der Waals surface area contributed by atoms with Crippen LogP contribution in [0.3, 0.4) is 0 Å². The first-order valence-electron chi connectivity index (χ1n) is 3.89. The Hall–Kier alpha value is -0.0400. The lowest BCUT2D eigenvalue weighted by atomic mass is 9.89. The van der Waals surface area contributed by atoms with Gasteiger partial charge in [0.1, 0.15) is 0 Å². The molecule has 1 aliphatic carbocycles. The summed E-state index contributed by atoms with van der Waals surface area (Å²) in [4.78, 5) is 0. The summed E-state index contributed by atoms with van der Waals surface area (Å²) in [6.07, 6.45) is 2.51. The molecule has 0 aromatic rings. The van der Waals surface area contributed by atoms with Gasteiger partial charge in [0, 0.05) is 6.04 Å². The average Bonchev–Trinajstić information content (AvgIpc) is 2.43. The second kappa shape index (κ2) is 1.98. The first kappa shape index (κ1) is 7.07. The molecule has 2 N–H and O–H groups in total. The topological polar surface area (TPSA) is 26.0 Å². The largest absolute Gasteiger partial charge is 0.327 e. The molecule has 2 atom stereocenters. The van der Waals surface area contributed by atoms with E-state index in [0.29, 0.717) is 11.5 Å². The smallest absolute Gasteiger partial charge is 0.0104 e. The van der Waals surface area contributed by atoms with Crippen molar-refractivity contribution >= 4 is 0 Å². The summed E-state index contributed by atoms with van der Waals surface area (Å²) in [5.74, 6) is 0.775. The third kappa shape index (κ3) is 0.877. The van der Waals surface area contributed by atoms with Crippen LogP contribution in [0.1, 0.15) is 33.6 Å². The zero-order valence-corrected chi connectivity index (χ0v) is 6.65. The van der Waals surface area contributed by atoms with Gasteiger partial charge in [-0.3, -0.25) is 0 Å². The van der Waals surface area contributed by atoms with Gasteiger partial charge in [-0.2, -0.15) is 0 Å². The first-order chi connectivity index (χ1) is 4.13. The molecule has 0 aromatic carbocycles. The van der Waals surface area contributed by atoms with Crippen LogP contribution in [-0.2, 0) is 0 Å². The van der Waals surface area contributed by atoms with Crippen LogP contribution >= 0.6 is 0 Å². The summed E-state index contributed by atoms with van der Waals surface area (Å²) >= 11 is 0. The minimum Gasteiger partial charge on any atom is -0.327 e. The Balaban J connectivity index is 2.52. The van der Waals surface area contributed by atoms with Gasteiger partial charge >= 0.3 is 0 Å². The highest BCUT2D eigenvalue weighted by Gasteiger charge is 2.52. The molecule has 1 aliphatic rings. The standard InChI is InChI=1S/C8H17N/c1-4-8(6(2)3)5-7(8)9/h6-7H,4-5,9H2,1-3H3. The minimum atomic E-state index is 0.502. The van der Waals surface area contributed by atoms with Crippen molar-refractivity contribution in [2.75, 3.05) is 0 Å². The summed E-state index contributed by atoms with van der Waals surface area (Å²) in [6, 6.07) is 0.502. The Kier molecular flexibility index (Phi) is 1.55. The zero-order chi connectivity index (χ0) is 7.07. The summed E-state index contributed by atoms with van der Waals surface area (Å²) in [5.41, 5.74) is 6.34. The van der Waals surface area contributed by atoms with Gasteiger partial charge in [-0.15, -0.1) is 0 Å². The first-order valence-corrected chi connectivity index (χ1v) is 3.89. The van der Waals surface area contributed by atoms with Crippen molar-refractivity contribution in [1.29, 1.82) is 0 Å². The quantitative estimate of drug-likeness (QED) is 0.601. The number of hydrogen-bond acceptors (Lipinski definition) is 1. The third-order valence-corrected chi connectivity index (χ3v) is 2.99. The van der Waals surface area contributed by atoms with Crippen molar-refractivity contribution in [1.82, 2.24) is 0 Å². The van der Waals surface area contributed by atoms with Crippen LogP contribution < -0.4 is 5.73 Å². The van der Waals surface area contributed by atoms with Gasteiger partial charge in [0.25, 0.3) is 0 Å². The second-order valence-electron chi connectivity index (χ2n) is 3.55. The molecule has 0 amide bonds. The van der Waals surface area contributed by atoms with E-state index < -0.39 is 0 Å². The fourth-order valence-corrected chi connectivity index (χ4v) is 1.83.